The molecule has 0 aliphatic carbocycles. The van der Waals surface area contributed by atoms with Crippen LogP contribution in [0.25, 0.3) is 0 Å². The Kier molecular flexibility index (Phi) is 5.00. The van der Waals surface area contributed by atoms with Gasteiger partial charge in [-0.3, -0.25) is 4.79 Å². The molecule has 20 heavy (non-hydrogen) atoms. The van der Waals surface area contributed by atoms with Crippen LogP contribution in [0.5, 0.6) is 0 Å². The normalized spacial score (nSPS) is 27.9. The van der Waals surface area contributed by atoms with E-state index in [0.717, 1.165) is 12.8 Å². The molecule has 0 spiro atoms. The fourth-order valence-electron chi connectivity index (χ4n) is 2.77. The largest absolute Gasteiger partial charge is 0.481 e. The van der Waals surface area contributed by atoms with E-state index in [9.17, 15) is 9.59 Å². The van der Waals surface area contributed by atoms with E-state index in [1.165, 1.54) is 0 Å². The highest BCUT2D eigenvalue weighted by Crippen LogP contribution is 2.19. The van der Waals surface area contributed by atoms with Crippen LogP contribution in [0.3, 0.4) is 0 Å². The van der Waals surface area contributed by atoms with Gasteiger partial charge in [0.05, 0.1) is 18.1 Å². The molecule has 112 valence electrons. The molecule has 6 heteroatoms. The maximum Gasteiger partial charge on any atom is 0.317 e. The molecule has 2 aliphatic rings. The van der Waals surface area contributed by atoms with Crippen LogP contribution in [-0.2, 0) is 9.53 Å². The highest BCUT2D eigenvalue weighted by molar-refractivity contribution is 5.75. The molecule has 0 unspecified atom stereocenters. The summed E-state index contributed by atoms with van der Waals surface area (Å²) in [6.07, 6.45) is 4.44. The Hall–Kier alpha value is -1.56. The highest BCUT2D eigenvalue weighted by Gasteiger charge is 2.30. The van der Waals surface area contributed by atoms with E-state index in [0.29, 0.717) is 32.5 Å². The fourth-order valence-corrected chi connectivity index (χ4v) is 2.77. The van der Waals surface area contributed by atoms with Crippen molar-refractivity contribution in [2.45, 2.75) is 37.8 Å². The minimum atomic E-state index is -0.766. The van der Waals surface area contributed by atoms with Crippen molar-refractivity contribution in [1.82, 2.24) is 10.2 Å². The molecular weight excluding hydrogens is 260 g/mol. The summed E-state index contributed by atoms with van der Waals surface area (Å²) in [5, 5.41) is 11.9. The van der Waals surface area contributed by atoms with Gasteiger partial charge in [-0.25, -0.2) is 4.79 Å². The fraction of sp³-hybridized carbons (Fsp3) is 0.714. The number of carbonyl (C=O) groups is 2. The molecule has 0 saturated carbocycles. The van der Waals surface area contributed by atoms with Crippen LogP contribution in [0.1, 0.15) is 25.7 Å². The van der Waals surface area contributed by atoms with Gasteiger partial charge in [0, 0.05) is 19.7 Å². The van der Waals surface area contributed by atoms with E-state index in [4.69, 9.17) is 9.84 Å². The standard InChI is InChI=1S/C14H22N2O4/c1-2-12-11(4-3-9-20-12)15-14(19)16-7-5-10(6-8-16)13(17)18/h2,10-12H,1,3-9H2,(H,15,19)(H,17,18)/t11-,12+/m1/s1. The number of nitrogens with zero attached hydrogens (tertiary/aromatic N) is 1. The summed E-state index contributed by atoms with van der Waals surface area (Å²) in [7, 11) is 0. The number of hydrogen-bond donors (Lipinski definition) is 2. The smallest absolute Gasteiger partial charge is 0.317 e. The molecule has 2 saturated heterocycles. The molecule has 0 aromatic heterocycles. The Balaban J connectivity index is 1.83. The van der Waals surface area contributed by atoms with Gasteiger partial charge in [-0.2, -0.15) is 0 Å². The average molecular weight is 282 g/mol. The lowest BCUT2D eigenvalue weighted by atomic mass is 9.97. The molecule has 0 aromatic carbocycles. The molecule has 2 N–H and O–H groups in total. The van der Waals surface area contributed by atoms with Gasteiger partial charge >= 0.3 is 12.0 Å². The molecule has 2 amide bonds. The van der Waals surface area contributed by atoms with Gasteiger partial charge in [-0.15, -0.1) is 6.58 Å². The number of amides is 2. The zero-order valence-electron chi connectivity index (χ0n) is 11.6. The average Bonchev–Trinajstić information content (AvgIpc) is 2.48. The number of carboxylic acid groups (broad SMARTS) is 1. The highest BCUT2D eigenvalue weighted by atomic mass is 16.5. The maximum absolute atomic E-state index is 12.2. The molecular formula is C14H22N2O4. The minimum Gasteiger partial charge on any atom is -0.481 e. The Labute approximate surface area is 118 Å². The summed E-state index contributed by atoms with van der Waals surface area (Å²) in [5.41, 5.74) is 0. The number of hydrogen-bond acceptors (Lipinski definition) is 3. The van der Waals surface area contributed by atoms with Gasteiger partial charge in [0.2, 0.25) is 0 Å². The number of piperidine rings is 1. The molecule has 2 aliphatic heterocycles. The molecule has 0 aromatic rings. The number of likely N-dealkylation sites (tertiary alicyclic amines) is 1. The Morgan fingerprint density at radius 2 is 2.00 bits per heavy atom. The summed E-state index contributed by atoms with van der Waals surface area (Å²) >= 11 is 0. The monoisotopic (exact) mass is 282 g/mol. The summed E-state index contributed by atoms with van der Waals surface area (Å²) < 4.78 is 5.55. The Morgan fingerprint density at radius 1 is 1.30 bits per heavy atom. The first-order valence-corrected chi connectivity index (χ1v) is 7.14. The molecule has 2 atom stereocenters. The third-order valence-corrected chi connectivity index (χ3v) is 4.04. The van der Waals surface area contributed by atoms with Crippen LogP contribution in [-0.4, -0.2) is 53.8 Å². The van der Waals surface area contributed by atoms with Gasteiger partial charge < -0.3 is 20.1 Å². The Bertz CT molecular complexity index is 377. The zero-order valence-corrected chi connectivity index (χ0v) is 11.6. The second kappa shape index (κ2) is 6.74. The third kappa shape index (κ3) is 3.50. The van der Waals surface area contributed by atoms with Crippen molar-refractivity contribution < 1.29 is 19.4 Å². The molecule has 0 radical (unpaired) electrons. The van der Waals surface area contributed by atoms with E-state index in [-0.39, 0.29) is 24.1 Å². The van der Waals surface area contributed by atoms with Gasteiger partial charge in [0.1, 0.15) is 0 Å². The predicted molar refractivity (Wildman–Crippen MR) is 73.4 cm³/mol. The topological polar surface area (TPSA) is 78.9 Å². The van der Waals surface area contributed by atoms with Crippen molar-refractivity contribution in [2.75, 3.05) is 19.7 Å². The number of carboxylic acids is 1. The maximum atomic E-state index is 12.2. The minimum absolute atomic E-state index is 0.0362. The van der Waals surface area contributed by atoms with Gasteiger partial charge in [0.25, 0.3) is 0 Å². The summed E-state index contributed by atoms with van der Waals surface area (Å²) in [6.45, 7) is 5.42. The number of aliphatic carboxylic acids is 1. The lowest BCUT2D eigenvalue weighted by Gasteiger charge is -2.35. The summed E-state index contributed by atoms with van der Waals surface area (Å²) in [5.74, 6) is -1.09. The van der Waals surface area contributed by atoms with Crippen LogP contribution in [0.15, 0.2) is 12.7 Å². The third-order valence-electron chi connectivity index (χ3n) is 4.04. The number of urea groups is 1. The van der Waals surface area contributed by atoms with Crippen molar-refractivity contribution in [3.8, 4) is 0 Å². The Morgan fingerprint density at radius 3 is 2.60 bits per heavy atom. The van der Waals surface area contributed by atoms with Gasteiger partial charge in [0.15, 0.2) is 0 Å². The lowest BCUT2D eigenvalue weighted by Crippen LogP contribution is -2.52. The number of nitrogens with one attached hydrogen (secondary N) is 1. The van der Waals surface area contributed by atoms with Crippen LogP contribution in [0.4, 0.5) is 4.79 Å². The summed E-state index contributed by atoms with van der Waals surface area (Å²) in [6, 6.07) is -0.165. The van der Waals surface area contributed by atoms with Gasteiger partial charge in [-0.05, 0) is 25.7 Å². The van der Waals surface area contributed by atoms with Crippen LogP contribution < -0.4 is 5.32 Å². The summed E-state index contributed by atoms with van der Waals surface area (Å²) in [4.78, 5) is 24.8. The van der Waals surface area contributed by atoms with E-state index in [2.05, 4.69) is 11.9 Å². The van der Waals surface area contributed by atoms with Crippen molar-refractivity contribution in [3.05, 3.63) is 12.7 Å². The van der Waals surface area contributed by atoms with Gasteiger partial charge in [-0.1, -0.05) is 6.08 Å². The molecule has 0 bridgehead atoms. The van der Waals surface area contributed by atoms with Crippen LogP contribution >= 0.6 is 0 Å². The molecule has 2 fully saturated rings. The van der Waals surface area contributed by atoms with Crippen molar-refractivity contribution in [1.29, 1.82) is 0 Å². The molecule has 2 rings (SSSR count). The van der Waals surface area contributed by atoms with Crippen molar-refractivity contribution >= 4 is 12.0 Å². The second-order valence-electron chi connectivity index (χ2n) is 5.37. The predicted octanol–water partition coefficient (Wildman–Crippen LogP) is 1.23. The zero-order chi connectivity index (χ0) is 14.5. The SMILES string of the molecule is C=C[C@@H]1OCCC[C@H]1NC(=O)N1CCC(C(=O)O)CC1. The quantitative estimate of drug-likeness (QED) is 0.763. The van der Waals surface area contributed by atoms with Crippen molar-refractivity contribution in [2.24, 2.45) is 5.92 Å². The van der Waals surface area contributed by atoms with E-state index in [1.54, 1.807) is 11.0 Å². The van der Waals surface area contributed by atoms with Crippen molar-refractivity contribution in [3.63, 3.8) is 0 Å². The number of rotatable bonds is 3. The van der Waals surface area contributed by atoms with Crippen LogP contribution in [0.2, 0.25) is 0 Å². The first-order chi connectivity index (χ1) is 9.61. The molecule has 6 nitrogen and oxygen atoms in total. The van der Waals surface area contributed by atoms with E-state index in [1.807, 2.05) is 0 Å². The number of carbonyl (C=O) groups excluding carboxylic acids is 1. The molecule has 2 heterocycles. The second-order valence-corrected chi connectivity index (χ2v) is 5.37. The lowest BCUT2D eigenvalue weighted by molar-refractivity contribution is -0.143. The number of ether oxygens (including phenoxy) is 1. The van der Waals surface area contributed by atoms with E-state index >= 15 is 0 Å². The van der Waals surface area contributed by atoms with Crippen LogP contribution in [0, 0.1) is 5.92 Å². The first-order valence-electron chi connectivity index (χ1n) is 7.14. The van der Waals surface area contributed by atoms with E-state index < -0.39 is 5.97 Å². The first kappa shape index (κ1) is 14.8.